The summed E-state index contributed by atoms with van der Waals surface area (Å²) in [5.41, 5.74) is 4.98. The van der Waals surface area contributed by atoms with Crippen molar-refractivity contribution in [1.29, 1.82) is 0 Å². The molecule has 1 atom stereocenters. The normalized spacial score (nSPS) is 12.0. The molecule has 0 radical (unpaired) electrons. The second-order valence-electron chi connectivity index (χ2n) is 5.68. The molecule has 2 rings (SSSR count). The van der Waals surface area contributed by atoms with Crippen molar-refractivity contribution >= 4 is 23.4 Å². The second kappa shape index (κ2) is 7.59. The Morgan fingerprint density at radius 3 is 2.43 bits per heavy atom. The van der Waals surface area contributed by atoms with Crippen LogP contribution in [0.4, 0.5) is 5.69 Å². The highest BCUT2D eigenvalue weighted by Crippen LogP contribution is 2.25. The van der Waals surface area contributed by atoms with Crippen molar-refractivity contribution in [3.8, 4) is 0 Å². The molecule has 5 heteroatoms. The Morgan fingerprint density at radius 1 is 1.17 bits per heavy atom. The van der Waals surface area contributed by atoms with Crippen molar-refractivity contribution in [3.63, 3.8) is 0 Å². The zero-order chi connectivity index (χ0) is 17.0. The van der Waals surface area contributed by atoms with Gasteiger partial charge in [-0.3, -0.25) is 4.79 Å². The van der Waals surface area contributed by atoms with Gasteiger partial charge in [-0.1, -0.05) is 30.8 Å². The van der Waals surface area contributed by atoms with E-state index >= 15 is 0 Å². The lowest BCUT2D eigenvalue weighted by Gasteiger charge is -2.16. The predicted octanol–water partition coefficient (Wildman–Crippen LogP) is 4.22. The first-order chi connectivity index (χ1) is 10.9. The molecule has 1 unspecified atom stereocenters. The molecule has 1 aromatic carbocycles. The Morgan fingerprint density at radius 2 is 1.83 bits per heavy atom. The number of nitrogens with one attached hydrogen (secondary N) is 1. The van der Waals surface area contributed by atoms with Crippen molar-refractivity contribution in [2.24, 2.45) is 0 Å². The number of benzene rings is 1. The Labute approximate surface area is 142 Å². The van der Waals surface area contributed by atoms with Gasteiger partial charge in [-0.15, -0.1) is 0 Å². The van der Waals surface area contributed by atoms with Crippen LogP contribution in [0.15, 0.2) is 29.4 Å². The third-order valence-corrected chi connectivity index (χ3v) is 4.96. The van der Waals surface area contributed by atoms with Gasteiger partial charge in [0.1, 0.15) is 0 Å². The van der Waals surface area contributed by atoms with Crippen LogP contribution in [-0.4, -0.2) is 21.1 Å². The molecule has 23 heavy (non-hydrogen) atoms. The Balaban J connectivity index is 2.13. The lowest BCUT2D eigenvalue weighted by Crippen LogP contribution is -2.25. The molecule has 1 N–H and O–H groups in total. The van der Waals surface area contributed by atoms with E-state index in [1.807, 2.05) is 58.9 Å². The number of carbonyl (C=O) groups is 1. The third-order valence-electron chi connectivity index (χ3n) is 3.74. The van der Waals surface area contributed by atoms with Gasteiger partial charge < -0.3 is 5.32 Å². The van der Waals surface area contributed by atoms with Crippen LogP contribution in [0.1, 0.15) is 35.9 Å². The minimum Gasteiger partial charge on any atom is -0.325 e. The molecule has 0 aliphatic rings. The third kappa shape index (κ3) is 4.55. The molecule has 0 spiro atoms. The summed E-state index contributed by atoms with van der Waals surface area (Å²) in [6.07, 6.45) is 0.720. The standard InChI is InChI=1S/C18H23N3OS/c1-6-16(23-18-19-12(3)10-13(4)20-18)17(22)21-15-9-7-8-11(2)14(15)5/h7-10,16H,6H2,1-5H3,(H,21,22). The fourth-order valence-electron chi connectivity index (χ4n) is 2.30. The van der Waals surface area contributed by atoms with Crippen LogP contribution < -0.4 is 5.32 Å². The smallest absolute Gasteiger partial charge is 0.237 e. The number of hydrogen-bond donors (Lipinski definition) is 1. The van der Waals surface area contributed by atoms with E-state index in [1.165, 1.54) is 17.3 Å². The van der Waals surface area contributed by atoms with Crippen molar-refractivity contribution in [3.05, 3.63) is 46.8 Å². The van der Waals surface area contributed by atoms with Crippen LogP contribution in [-0.2, 0) is 4.79 Å². The van der Waals surface area contributed by atoms with Crippen LogP contribution in [0, 0.1) is 27.7 Å². The highest BCUT2D eigenvalue weighted by molar-refractivity contribution is 8.00. The lowest BCUT2D eigenvalue weighted by molar-refractivity contribution is -0.115. The average molecular weight is 329 g/mol. The first-order valence-electron chi connectivity index (χ1n) is 7.76. The van der Waals surface area contributed by atoms with Gasteiger partial charge in [-0.2, -0.15) is 0 Å². The van der Waals surface area contributed by atoms with Gasteiger partial charge in [0.15, 0.2) is 5.16 Å². The van der Waals surface area contributed by atoms with Gasteiger partial charge in [0.2, 0.25) is 5.91 Å². The van der Waals surface area contributed by atoms with Gasteiger partial charge in [-0.05, 0) is 57.4 Å². The molecule has 122 valence electrons. The topological polar surface area (TPSA) is 54.9 Å². The van der Waals surface area contributed by atoms with Gasteiger partial charge in [0, 0.05) is 17.1 Å². The van der Waals surface area contributed by atoms with E-state index in [2.05, 4.69) is 15.3 Å². The first-order valence-corrected chi connectivity index (χ1v) is 8.64. The molecule has 0 saturated carbocycles. The molecule has 0 fully saturated rings. The van der Waals surface area contributed by atoms with Crippen molar-refractivity contribution in [2.75, 3.05) is 5.32 Å². The van der Waals surface area contributed by atoms with E-state index in [-0.39, 0.29) is 11.2 Å². The molecule has 1 heterocycles. The Kier molecular flexibility index (Phi) is 5.77. The number of aryl methyl sites for hydroxylation is 3. The SMILES string of the molecule is CCC(Sc1nc(C)cc(C)n1)C(=O)Nc1cccc(C)c1C. The number of anilines is 1. The van der Waals surface area contributed by atoms with Crippen LogP contribution in [0.2, 0.25) is 0 Å². The van der Waals surface area contributed by atoms with Crippen LogP contribution in [0.5, 0.6) is 0 Å². The zero-order valence-electron chi connectivity index (χ0n) is 14.3. The zero-order valence-corrected chi connectivity index (χ0v) is 15.1. The molecule has 0 saturated heterocycles. The molecular formula is C18H23N3OS. The summed E-state index contributed by atoms with van der Waals surface area (Å²) >= 11 is 1.42. The van der Waals surface area contributed by atoms with E-state index in [1.54, 1.807) is 0 Å². The fraction of sp³-hybridized carbons (Fsp3) is 0.389. The maximum atomic E-state index is 12.6. The number of hydrogen-bond acceptors (Lipinski definition) is 4. The summed E-state index contributed by atoms with van der Waals surface area (Å²) < 4.78 is 0. The first kappa shape index (κ1) is 17.5. The number of aromatic nitrogens is 2. The van der Waals surface area contributed by atoms with Gasteiger partial charge in [0.25, 0.3) is 0 Å². The summed E-state index contributed by atoms with van der Waals surface area (Å²) in [6.45, 7) is 9.95. The molecule has 0 bridgehead atoms. The molecular weight excluding hydrogens is 306 g/mol. The van der Waals surface area contributed by atoms with E-state index in [0.717, 1.165) is 29.1 Å². The van der Waals surface area contributed by atoms with Crippen LogP contribution in [0.25, 0.3) is 0 Å². The van der Waals surface area contributed by atoms with Crippen molar-refractivity contribution in [2.45, 2.75) is 51.4 Å². The quantitative estimate of drug-likeness (QED) is 0.659. The minimum absolute atomic E-state index is 0.00559. The van der Waals surface area contributed by atoms with Crippen molar-refractivity contribution in [1.82, 2.24) is 9.97 Å². The molecule has 0 aliphatic heterocycles. The number of amides is 1. The van der Waals surface area contributed by atoms with Crippen LogP contribution >= 0.6 is 11.8 Å². The Bertz CT molecular complexity index is 695. The average Bonchev–Trinajstić information content (AvgIpc) is 2.48. The summed E-state index contributed by atoms with van der Waals surface area (Å²) in [5.74, 6) is -0.00559. The maximum Gasteiger partial charge on any atom is 0.237 e. The molecule has 4 nitrogen and oxygen atoms in total. The Hall–Kier alpha value is -1.88. The van der Waals surface area contributed by atoms with Crippen molar-refractivity contribution < 1.29 is 4.79 Å². The van der Waals surface area contributed by atoms with E-state index in [0.29, 0.717) is 5.16 Å². The molecule has 1 amide bonds. The second-order valence-corrected chi connectivity index (χ2v) is 6.85. The summed E-state index contributed by atoms with van der Waals surface area (Å²) in [5, 5.41) is 3.48. The number of thioether (sulfide) groups is 1. The predicted molar refractivity (Wildman–Crippen MR) is 96.0 cm³/mol. The maximum absolute atomic E-state index is 12.6. The monoisotopic (exact) mass is 329 g/mol. The minimum atomic E-state index is -0.212. The number of carbonyl (C=O) groups excluding carboxylic acids is 1. The van der Waals surface area contributed by atoms with E-state index < -0.39 is 0 Å². The highest BCUT2D eigenvalue weighted by atomic mass is 32.2. The largest absolute Gasteiger partial charge is 0.325 e. The summed E-state index contributed by atoms with van der Waals surface area (Å²) in [4.78, 5) is 21.4. The number of nitrogens with zero attached hydrogens (tertiary/aromatic N) is 2. The summed E-state index contributed by atoms with van der Waals surface area (Å²) in [6, 6.07) is 7.87. The molecule has 2 aromatic rings. The highest BCUT2D eigenvalue weighted by Gasteiger charge is 2.20. The lowest BCUT2D eigenvalue weighted by atomic mass is 10.1. The molecule has 1 aromatic heterocycles. The fourth-order valence-corrected chi connectivity index (χ4v) is 3.28. The summed E-state index contributed by atoms with van der Waals surface area (Å²) in [7, 11) is 0. The van der Waals surface area contributed by atoms with Gasteiger partial charge in [-0.25, -0.2) is 9.97 Å². The molecule has 0 aliphatic carbocycles. The van der Waals surface area contributed by atoms with Gasteiger partial charge in [0.05, 0.1) is 5.25 Å². The van der Waals surface area contributed by atoms with E-state index in [4.69, 9.17) is 0 Å². The van der Waals surface area contributed by atoms with E-state index in [9.17, 15) is 4.79 Å². The number of rotatable bonds is 5. The van der Waals surface area contributed by atoms with Crippen LogP contribution in [0.3, 0.4) is 0 Å². The van der Waals surface area contributed by atoms with Gasteiger partial charge >= 0.3 is 0 Å².